The molecular weight excluding hydrogens is 340 g/mol. The van der Waals surface area contributed by atoms with Gasteiger partial charge in [-0.05, 0) is 36.6 Å². The highest BCUT2D eigenvalue weighted by atomic mass is 16.3. The molecule has 1 aromatic heterocycles. The van der Waals surface area contributed by atoms with E-state index in [4.69, 9.17) is 4.42 Å². The lowest BCUT2D eigenvalue weighted by Crippen LogP contribution is -2.12. The maximum atomic E-state index is 12.7. The Kier molecular flexibility index (Phi) is 4.12. The molecule has 1 heterocycles. The van der Waals surface area contributed by atoms with Gasteiger partial charge in [0.15, 0.2) is 5.76 Å². The summed E-state index contributed by atoms with van der Waals surface area (Å²) in [6, 6.07) is 18.9. The molecule has 2 N–H and O–H groups in total. The number of anilines is 2. The molecule has 5 heteroatoms. The zero-order valence-electron chi connectivity index (χ0n) is 15.0. The van der Waals surface area contributed by atoms with E-state index >= 15 is 0 Å². The molecule has 0 aliphatic carbocycles. The van der Waals surface area contributed by atoms with Crippen molar-refractivity contribution in [2.24, 2.45) is 0 Å². The smallest absolute Gasteiger partial charge is 0.291 e. The first-order valence-electron chi connectivity index (χ1n) is 8.63. The number of carbonyl (C=O) groups is 2. The van der Waals surface area contributed by atoms with Crippen molar-refractivity contribution >= 4 is 44.9 Å². The first-order chi connectivity index (χ1) is 13.0. The molecule has 0 spiro atoms. The summed E-state index contributed by atoms with van der Waals surface area (Å²) in [5, 5.41) is 8.52. The van der Waals surface area contributed by atoms with Gasteiger partial charge in [0.25, 0.3) is 5.91 Å². The van der Waals surface area contributed by atoms with Crippen LogP contribution in [-0.2, 0) is 4.79 Å². The SMILES string of the molecule is CC(=O)Nc1ccc(NC(=O)c2oc3c(ccc4ccccc43)c2C)cc1. The molecule has 27 heavy (non-hydrogen) atoms. The molecule has 0 radical (unpaired) electrons. The Morgan fingerprint density at radius 1 is 0.815 bits per heavy atom. The molecule has 0 aliphatic rings. The molecule has 0 fully saturated rings. The molecule has 3 aromatic carbocycles. The largest absolute Gasteiger partial charge is 0.450 e. The van der Waals surface area contributed by atoms with Gasteiger partial charge >= 0.3 is 0 Å². The number of amides is 2. The first kappa shape index (κ1) is 16.8. The second-order valence-corrected chi connectivity index (χ2v) is 6.43. The molecule has 0 bridgehead atoms. The molecule has 0 unspecified atom stereocenters. The Morgan fingerprint density at radius 2 is 1.48 bits per heavy atom. The average molecular weight is 358 g/mol. The van der Waals surface area contributed by atoms with Crippen molar-refractivity contribution in [2.45, 2.75) is 13.8 Å². The van der Waals surface area contributed by atoms with E-state index < -0.39 is 0 Å². The van der Waals surface area contributed by atoms with Gasteiger partial charge in [-0.2, -0.15) is 0 Å². The van der Waals surface area contributed by atoms with Crippen LogP contribution in [0.15, 0.2) is 65.1 Å². The molecular formula is C22H18N2O3. The van der Waals surface area contributed by atoms with Crippen molar-refractivity contribution < 1.29 is 14.0 Å². The summed E-state index contributed by atoms with van der Waals surface area (Å²) < 4.78 is 5.95. The topological polar surface area (TPSA) is 71.3 Å². The third kappa shape index (κ3) is 3.15. The summed E-state index contributed by atoms with van der Waals surface area (Å²) in [6.07, 6.45) is 0. The van der Waals surface area contributed by atoms with Crippen LogP contribution in [0.2, 0.25) is 0 Å². The quantitative estimate of drug-likeness (QED) is 0.535. The molecule has 0 saturated carbocycles. The van der Waals surface area contributed by atoms with Gasteiger partial charge in [0.2, 0.25) is 5.91 Å². The summed E-state index contributed by atoms with van der Waals surface area (Å²) in [5.74, 6) is -0.149. The summed E-state index contributed by atoms with van der Waals surface area (Å²) in [5.41, 5.74) is 2.82. The van der Waals surface area contributed by atoms with E-state index in [9.17, 15) is 9.59 Å². The third-order valence-corrected chi connectivity index (χ3v) is 4.50. The van der Waals surface area contributed by atoms with Crippen LogP contribution in [0.1, 0.15) is 23.0 Å². The number of fused-ring (bicyclic) bond motifs is 3. The summed E-state index contributed by atoms with van der Waals surface area (Å²) in [4.78, 5) is 23.8. The lowest BCUT2D eigenvalue weighted by Gasteiger charge is -2.06. The second-order valence-electron chi connectivity index (χ2n) is 6.43. The number of hydrogen-bond donors (Lipinski definition) is 2. The van der Waals surface area contributed by atoms with Crippen molar-refractivity contribution in [3.8, 4) is 0 Å². The fourth-order valence-corrected chi connectivity index (χ4v) is 3.19. The van der Waals surface area contributed by atoms with E-state index in [1.165, 1.54) is 6.92 Å². The minimum atomic E-state index is -0.306. The number of hydrogen-bond acceptors (Lipinski definition) is 3. The standard InChI is InChI=1S/C22H18N2O3/c1-13-18-12-7-15-5-3-4-6-19(15)21(18)27-20(13)22(26)24-17-10-8-16(9-11-17)23-14(2)25/h3-12H,1-2H3,(H,23,25)(H,24,26). The lowest BCUT2D eigenvalue weighted by molar-refractivity contribution is -0.114. The summed E-state index contributed by atoms with van der Waals surface area (Å²) in [6.45, 7) is 3.33. The van der Waals surface area contributed by atoms with E-state index in [-0.39, 0.29) is 11.8 Å². The molecule has 0 saturated heterocycles. The van der Waals surface area contributed by atoms with Crippen LogP contribution in [-0.4, -0.2) is 11.8 Å². The second kappa shape index (κ2) is 6.61. The Labute approximate surface area is 156 Å². The average Bonchev–Trinajstić information content (AvgIpc) is 3.00. The molecule has 0 atom stereocenters. The van der Waals surface area contributed by atoms with Crippen LogP contribution in [0.25, 0.3) is 21.7 Å². The van der Waals surface area contributed by atoms with Gasteiger partial charge in [0, 0.05) is 34.6 Å². The van der Waals surface area contributed by atoms with Gasteiger partial charge in [-0.1, -0.05) is 36.4 Å². The number of aryl methyl sites for hydroxylation is 1. The van der Waals surface area contributed by atoms with Gasteiger partial charge in [-0.15, -0.1) is 0 Å². The van der Waals surface area contributed by atoms with Gasteiger partial charge < -0.3 is 15.1 Å². The maximum absolute atomic E-state index is 12.7. The van der Waals surface area contributed by atoms with Crippen molar-refractivity contribution in [1.82, 2.24) is 0 Å². The van der Waals surface area contributed by atoms with Crippen molar-refractivity contribution in [3.05, 3.63) is 72.0 Å². The predicted octanol–water partition coefficient (Wildman–Crippen LogP) is 5.11. The van der Waals surface area contributed by atoms with Gasteiger partial charge in [-0.25, -0.2) is 0 Å². The fourth-order valence-electron chi connectivity index (χ4n) is 3.19. The van der Waals surface area contributed by atoms with Gasteiger partial charge in [0.05, 0.1) is 0 Å². The highest BCUT2D eigenvalue weighted by Crippen LogP contribution is 2.32. The molecule has 4 aromatic rings. The van der Waals surface area contributed by atoms with Crippen molar-refractivity contribution in [1.29, 1.82) is 0 Å². The summed E-state index contributed by atoms with van der Waals surface area (Å²) >= 11 is 0. The van der Waals surface area contributed by atoms with E-state index in [0.29, 0.717) is 17.1 Å². The van der Waals surface area contributed by atoms with Gasteiger partial charge in [0.1, 0.15) is 5.58 Å². The predicted molar refractivity (Wildman–Crippen MR) is 107 cm³/mol. The maximum Gasteiger partial charge on any atom is 0.291 e. The minimum Gasteiger partial charge on any atom is -0.450 e. The first-order valence-corrected chi connectivity index (χ1v) is 8.63. The highest BCUT2D eigenvalue weighted by molar-refractivity contribution is 6.11. The molecule has 5 nitrogen and oxygen atoms in total. The van der Waals surface area contributed by atoms with Crippen molar-refractivity contribution in [3.63, 3.8) is 0 Å². The highest BCUT2D eigenvalue weighted by Gasteiger charge is 2.19. The molecule has 134 valence electrons. The summed E-state index contributed by atoms with van der Waals surface area (Å²) in [7, 11) is 0. The molecule has 4 rings (SSSR count). The number of carbonyl (C=O) groups excluding carboxylic acids is 2. The van der Waals surface area contributed by atoms with Crippen LogP contribution in [0, 0.1) is 6.92 Å². The molecule has 0 aliphatic heterocycles. The molecule has 2 amide bonds. The van der Waals surface area contributed by atoms with Crippen molar-refractivity contribution in [2.75, 3.05) is 10.6 Å². The number of furan rings is 1. The Hall–Kier alpha value is -3.60. The van der Waals surface area contributed by atoms with Crippen LogP contribution in [0.3, 0.4) is 0 Å². The Bertz CT molecular complexity index is 1170. The lowest BCUT2D eigenvalue weighted by atomic mass is 10.1. The zero-order chi connectivity index (χ0) is 19.0. The Morgan fingerprint density at radius 3 is 2.19 bits per heavy atom. The minimum absolute atomic E-state index is 0.142. The fraction of sp³-hybridized carbons (Fsp3) is 0.0909. The van der Waals surface area contributed by atoms with Crippen LogP contribution >= 0.6 is 0 Å². The van der Waals surface area contributed by atoms with Crippen LogP contribution < -0.4 is 10.6 Å². The Balaban J connectivity index is 1.65. The van der Waals surface area contributed by atoms with E-state index in [1.807, 2.05) is 43.3 Å². The third-order valence-electron chi connectivity index (χ3n) is 4.50. The van der Waals surface area contributed by atoms with Crippen LogP contribution in [0.4, 0.5) is 11.4 Å². The van der Waals surface area contributed by atoms with E-state index in [0.717, 1.165) is 27.3 Å². The van der Waals surface area contributed by atoms with E-state index in [1.54, 1.807) is 24.3 Å². The van der Waals surface area contributed by atoms with E-state index in [2.05, 4.69) is 10.6 Å². The number of benzene rings is 3. The number of rotatable bonds is 3. The zero-order valence-corrected chi connectivity index (χ0v) is 15.0. The monoisotopic (exact) mass is 358 g/mol. The van der Waals surface area contributed by atoms with Crippen LogP contribution in [0.5, 0.6) is 0 Å². The normalized spacial score (nSPS) is 10.9. The van der Waals surface area contributed by atoms with Gasteiger partial charge in [-0.3, -0.25) is 9.59 Å². The number of nitrogens with one attached hydrogen (secondary N) is 2.